The van der Waals surface area contributed by atoms with E-state index in [1.807, 2.05) is 0 Å². The normalized spacial score (nSPS) is 9.76. The number of methoxy groups -OCH3 is 2. The predicted octanol–water partition coefficient (Wildman–Crippen LogP) is 1.28. The molecule has 0 N–H and O–H groups in total. The monoisotopic (exact) mass is 238 g/mol. The van der Waals surface area contributed by atoms with Crippen molar-refractivity contribution in [3.8, 4) is 0 Å². The Hall–Kier alpha value is -1.88. The molecule has 0 spiro atoms. The van der Waals surface area contributed by atoms with E-state index >= 15 is 0 Å². The van der Waals surface area contributed by atoms with Crippen LogP contribution in [0.25, 0.3) is 0 Å². The molecule has 0 saturated heterocycles. The van der Waals surface area contributed by atoms with Crippen LogP contribution in [0.3, 0.4) is 0 Å². The number of carbonyl (C=O) groups is 2. The first-order chi connectivity index (χ1) is 8.20. The summed E-state index contributed by atoms with van der Waals surface area (Å²) in [5.74, 6) is -1.13. The molecule has 0 aliphatic carbocycles. The summed E-state index contributed by atoms with van der Waals surface area (Å²) < 4.78 is 14.3. The third kappa shape index (κ3) is 3.57. The van der Waals surface area contributed by atoms with Gasteiger partial charge in [0.2, 0.25) is 0 Å². The van der Waals surface area contributed by atoms with Crippen LogP contribution in [0.4, 0.5) is 0 Å². The molecule has 5 heteroatoms. The average molecular weight is 238 g/mol. The van der Waals surface area contributed by atoms with E-state index in [-0.39, 0.29) is 17.7 Å². The lowest BCUT2D eigenvalue weighted by Gasteiger charge is -2.07. The van der Waals surface area contributed by atoms with Crippen molar-refractivity contribution in [2.45, 2.75) is 0 Å². The molecule has 0 radical (unpaired) electrons. The van der Waals surface area contributed by atoms with Crippen molar-refractivity contribution >= 4 is 11.9 Å². The highest BCUT2D eigenvalue weighted by atomic mass is 16.6. The molecule has 0 aliphatic heterocycles. The third-order valence-electron chi connectivity index (χ3n) is 2.07. The van der Waals surface area contributed by atoms with Crippen molar-refractivity contribution in [3.05, 3.63) is 35.4 Å². The SMILES string of the molecule is COCCOC(=O)c1ccccc1C(=O)OC. The number of carbonyl (C=O) groups excluding carboxylic acids is 2. The number of rotatable bonds is 5. The fourth-order valence-corrected chi connectivity index (χ4v) is 1.24. The molecule has 0 atom stereocenters. The molecule has 1 rings (SSSR count). The standard InChI is InChI=1S/C12H14O5/c1-15-7-8-17-12(14)10-6-4-3-5-9(10)11(13)16-2/h3-6H,7-8H2,1-2H3. The van der Waals surface area contributed by atoms with E-state index in [1.165, 1.54) is 26.4 Å². The molecule has 1 aromatic carbocycles. The van der Waals surface area contributed by atoms with Crippen LogP contribution in [-0.2, 0) is 14.2 Å². The number of hydrogen-bond donors (Lipinski definition) is 0. The topological polar surface area (TPSA) is 61.8 Å². The van der Waals surface area contributed by atoms with E-state index in [4.69, 9.17) is 9.47 Å². The van der Waals surface area contributed by atoms with E-state index in [0.717, 1.165) is 0 Å². The minimum Gasteiger partial charge on any atom is -0.465 e. The molecule has 17 heavy (non-hydrogen) atoms. The van der Waals surface area contributed by atoms with Gasteiger partial charge in [-0.1, -0.05) is 12.1 Å². The van der Waals surface area contributed by atoms with Crippen LogP contribution < -0.4 is 0 Å². The molecule has 0 heterocycles. The van der Waals surface area contributed by atoms with E-state index in [9.17, 15) is 9.59 Å². The molecule has 5 nitrogen and oxygen atoms in total. The zero-order valence-corrected chi connectivity index (χ0v) is 9.76. The summed E-state index contributed by atoms with van der Waals surface area (Å²) >= 11 is 0. The Morgan fingerprint density at radius 2 is 1.59 bits per heavy atom. The lowest BCUT2D eigenvalue weighted by molar-refractivity contribution is 0.0379. The molecule has 0 aliphatic rings. The van der Waals surface area contributed by atoms with Crippen molar-refractivity contribution < 1.29 is 23.8 Å². The largest absolute Gasteiger partial charge is 0.465 e. The van der Waals surface area contributed by atoms with Gasteiger partial charge in [-0.25, -0.2) is 9.59 Å². The number of hydrogen-bond acceptors (Lipinski definition) is 5. The Morgan fingerprint density at radius 1 is 1.00 bits per heavy atom. The first-order valence-corrected chi connectivity index (χ1v) is 5.04. The molecular weight excluding hydrogens is 224 g/mol. The molecule has 1 aromatic rings. The van der Waals surface area contributed by atoms with Crippen LogP contribution in [0.5, 0.6) is 0 Å². The molecule has 0 amide bonds. The van der Waals surface area contributed by atoms with Gasteiger partial charge in [-0.05, 0) is 12.1 Å². The summed E-state index contributed by atoms with van der Waals surface area (Å²) in [4.78, 5) is 23.1. The highest BCUT2D eigenvalue weighted by molar-refractivity contribution is 6.03. The molecule has 0 aromatic heterocycles. The highest BCUT2D eigenvalue weighted by Gasteiger charge is 2.17. The third-order valence-corrected chi connectivity index (χ3v) is 2.07. The van der Waals surface area contributed by atoms with E-state index in [2.05, 4.69) is 4.74 Å². The lowest BCUT2D eigenvalue weighted by atomic mass is 10.1. The summed E-state index contributed by atoms with van der Waals surface area (Å²) in [7, 11) is 2.77. The lowest BCUT2D eigenvalue weighted by Crippen LogP contribution is -2.14. The zero-order chi connectivity index (χ0) is 12.7. The van der Waals surface area contributed by atoms with E-state index in [1.54, 1.807) is 12.1 Å². The van der Waals surface area contributed by atoms with Crippen molar-refractivity contribution in [1.82, 2.24) is 0 Å². The van der Waals surface area contributed by atoms with Crippen LogP contribution in [0.15, 0.2) is 24.3 Å². The predicted molar refractivity (Wildman–Crippen MR) is 59.9 cm³/mol. The first-order valence-electron chi connectivity index (χ1n) is 5.04. The van der Waals surface area contributed by atoms with Crippen LogP contribution in [0.1, 0.15) is 20.7 Å². The highest BCUT2D eigenvalue weighted by Crippen LogP contribution is 2.11. The van der Waals surface area contributed by atoms with Crippen molar-refractivity contribution in [2.24, 2.45) is 0 Å². The Bertz CT molecular complexity index is 400. The van der Waals surface area contributed by atoms with Gasteiger partial charge < -0.3 is 14.2 Å². The second kappa shape index (κ2) is 6.65. The molecule has 0 bridgehead atoms. The van der Waals surface area contributed by atoms with E-state index in [0.29, 0.717) is 6.61 Å². The van der Waals surface area contributed by atoms with Crippen molar-refractivity contribution in [3.63, 3.8) is 0 Å². The number of ether oxygens (including phenoxy) is 3. The minimum absolute atomic E-state index is 0.144. The second-order valence-corrected chi connectivity index (χ2v) is 3.17. The van der Waals surface area contributed by atoms with Gasteiger partial charge in [-0.2, -0.15) is 0 Å². The number of benzene rings is 1. The fraction of sp³-hybridized carbons (Fsp3) is 0.333. The van der Waals surface area contributed by atoms with Gasteiger partial charge in [-0.3, -0.25) is 0 Å². The van der Waals surface area contributed by atoms with Crippen LogP contribution in [0.2, 0.25) is 0 Å². The van der Waals surface area contributed by atoms with Gasteiger partial charge in [-0.15, -0.1) is 0 Å². The Morgan fingerprint density at radius 3 is 2.12 bits per heavy atom. The van der Waals surface area contributed by atoms with Gasteiger partial charge in [0, 0.05) is 7.11 Å². The van der Waals surface area contributed by atoms with Crippen LogP contribution in [0, 0.1) is 0 Å². The summed E-state index contributed by atoms with van der Waals surface area (Å²) in [6.45, 7) is 0.455. The fourth-order valence-electron chi connectivity index (χ4n) is 1.24. The molecule has 92 valence electrons. The second-order valence-electron chi connectivity index (χ2n) is 3.17. The maximum absolute atomic E-state index is 11.7. The summed E-state index contributed by atoms with van der Waals surface area (Å²) in [6, 6.07) is 6.33. The van der Waals surface area contributed by atoms with Gasteiger partial charge in [0.05, 0.1) is 24.8 Å². The quantitative estimate of drug-likeness (QED) is 0.571. The van der Waals surface area contributed by atoms with Gasteiger partial charge in [0.15, 0.2) is 0 Å². The maximum atomic E-state index is 11.7. The number of esters is 2. The van der Waals surface area contributed by atoms with Gasteiger partial charge >= 0.3 is 11.9 Å². The molecule has 0 fully saturated rings. The van der Waals surface area contributed by atoms with Crippen molar-refractivity contribution in [1.29, 1.82) is 0 Å². The summed E-state index contributed by atoms with van der Waals surface area (Å²) in [5.41, 5.74) is 0.382. The zero-order valence-electron chi connectivity index (χ0n) is 9.76. The Balaban J connectivity index is 2.82. The van der Waals surface area contributed by atoms with Crippen LogP contribution in [-0.4, -0.2) is 39.4 Å². The van der Waals surface area contributed by atoms with Gasteiger partial charge in [0.1, 0.15) is 6.61 Å². The Kier molecular flexibility index (Phi) is 5.16. The Labute approximate surface area is 99.3 Å². The van der Waals surface area contributed by atoms with E-state index < -0.39 is 11.9 Å². The smallest absolute Gasteiger partial charge is 0.339 e. The minimum atomic E-state index is -0.567. The summed E-state index contributed by atoms with van der Waals surface area (Å²) in [6.07, 6.45) is 0. The molecule has 0 saturated carbocycles. The van der Waals surface area contributed by atoms with Crippen molar-refractivity contribution in [2.75, 3.05) is 27.4 Å². The molecule has 0 unspecified atom stereocenters. The summed E-state index contributed by atoms with van der Waals surface area (Å²) in [5, 5.41) is 0. The first kappa shape index (κ1) is 13.2. The van der Waals surface area contributed by atoms with Crippen LogP contribution >= 0.6 is 0 Å². The molecular formula is C12H14O5. The maximum Gasteiger partial charge on any atom is 0.339 e. The van der Waals surface area contributed by atoms with Gasteiger partial charge in [0.25, 0.3) is 0 Å². The average Bonchev–Trinajstić information content (AvgIpc) is 2.38.